The molecule has 1 aliphatic rings. The molecule has 0 aliphatic heterocycles. The first kappa shape index (κ1) is 16.5. The molecule has 114 valence electrons. The second-order valence-electron chi connectivity index (χ2n) is 6.25. The van der Waals surface area contributed by atoms with Crippen LogP contribution in [0.2, 0.25) is 0 Å². The van der Waals surface area contributed by atoms with Gasteiger partial charge in [-0.2, -0.15) is 0 Å². The largest absolute Gasteiger partial charge is 0.309 e. The molecule has 2 rings (SSSR count). The fraction of sp³-hybridized carbons (Fsp3) is 0.750. The number of thiophene rings is 1. The SMILES string of the molecule is CC(C)N(CCNC1CCCc2sc(Br)cc21)C(C)C. The first-order chi connectivity index (χ1) is 9.49. The molecule has 0 aromatic carbocycles. The summed E-state index contributed by atoms with van der Waals surface area (Å²) in [5.74, 6) is 0. The molecule has 0 bridgehead atoms. The van der Waals surface area contributed by atoms with Gasteiger partial charge in [0.2, 0.25) is 0 Å². The van der Waals surface area contributed by atoms with Gasteiger partial charge in [0.05, 0.1) is 3.79 Å². The zero-order valence-corrected chi connectivity index (χ0v) is 15.5. The van der Waals surface area contributed by atoms with Crippen molar-refractivity contribution >= 4 is 27.3 Å². The quantitative estimate of drug-likeness (QED) is 0.799. The van der Waals surface area contributed by atoms with Crippen LogP contribution in [0.5, 0.6) is 0 Å². The second kappa shape index (κ2) is 7.39. The van der Waals surface area contributed by atoms with Crippen LogP contribution in [0.4, 0.5) is 0 Å². The van der Waals surface area contributed by atoms with Gasteiger partial charge in [-0.1, -0.05) is 0 Å². The van der Waals surface area contributed by atoms with Gasteiger partial charge in [-0.3, -0.25) is 4.90 Å². The Hall–Kier alpha value is 0.100. The van der Waals surface area contributed by atoms with E-state index < -0.39 is 0 Å². The normalized spacial score (nSPS) is 19.1. The van der Waals surface area contributed by atoms with Crippen molar-refractivity contribution in [3.8, 4) is 0 Å². The Morgan fingerprint density at radius 3 is 2.70 bits per heavy atom. The van der Waals surface area contributed by atoms with Crippen molar-refractivity contribution in [2.75, 3.05) is 13.1 Å². The van der Waals surface area contributed by atoms with Crippen molar-refractivity contribution < 1.29 is 0 Å². The van der Waals surface area contributed by atoms with E-state index in [1.54, 1.807) is 4.88 Å². The van der Waals surface area contributed by atoms with Crippen LogP contribution < -0.4 is 5.32 Å². The molecule has 1 aromatic heterocycles. The molecule has 0 radical (unpaired) electrons. The Kier molecular flexibility index (Phi) is 6.09. The standard InChI is InChI=1S/C16H27BrN2S/c1-11(2)19(12(3)4)9-8-18-14-6-5-7-15-13(14)10-16(17)20-15/h10-12,14,18H,5-9H2,1-4H3. The fourth-order valence-electron chi connectivity index (χ4n) is 3.21. The Labute approximate surface area is 136 Å². The van der Waals surface area contributed by atoms with Gasteiger partial charge in [0.1, 0.15) is 0 Å². The van der Waals surface area contributed by atoms with Crippen LogP contribution in [-0.2, 0) is 6.42 Å². The summed E-state index contributed by atoms with van der Waals surface area (Å²) in [6.07, 6.45) is 3.85. The zero-order chi connectivity index (χ0) is 14.7. The topological polar surface area (TPSA) is 15.3 Å². The van der Waals surface area contributed by atoms with E-state index in [-0.39, 0.29) is 0 Å². The summed E-state index contributed by atoms with van der Waals surface area (Å²) in [6.45, 7) is 11.4. The van der Waals surface area contributed by atoms with Crippen molar-refractivity contribution in [2.45, 2.75) is 65.1 Å². The predicted octanol–water partition coefficient (Wildman–Crippen LogP) is 4.60. The molecule has 0 spiro atoms. The van der Waals surface area contributed by atoms with Gasteiger partial charge in [0.25, 0.3) is 0 Å². The minimum absolute atomic E-state index is 0.558. The van der Waals surface area contributed by atoms with Crippen LogP contribution in [0.15, 0.2) is 9.85 Å². The maximum atomic E-state index is 3.78. The van der Waals surface area contributed by atoms with Crippen molar-refractivity contribution in [3.63, 3.8) is 0 Å². The molecule has 0 amide bonds. The van der Waals surface area contributed by atoms with E-state index in [1.165, 1.54) is 28.6 Å². The first-order valence-corrected chi connectivity index (χ1v) is 9.37. The molecule has 1 aromatic rings. The van der Waals surface area contributed by atoms with E-state index in [4.69, 9.17) is 0 Å². The van der Waals surface area contributed by atoms with Gasteiger partial charge in [-0.25, -0.2) is 0 Å². The third-order valence-electron chi connectivity index (χ3n) is 4.17. The van der Waals surface area contributed by atoms with E-state index in [2.05, 4.69) is 59.9 Å². The van der Waals surface area contributed by atoms with Crippen LogP contribution in [0.1, 0.15) is 57.0 Å². The highest BCUT2D eigenvalue weighted by Crippen LogP contribution is 2.37. The molecular formula is C16H27BrN2S. The Balaban J connectivity index is 1.89. The summed E-state index contributed by atoms with van der Waals surface area (Å²) in [5.41, 5.74) is 1.54. The van der Waals surface area contributed by atoms with E-state index in [1.807, 2.05) is 11.3 Å². The van der Waals surface area contributed by atoms with Gasteiger partial charge in [-0.15, -0.1) is 11.3 Å². The smallest absolute Gasteiger partial charge is 0.0704 e. The molecule has 0 fully saturated rings. The zero-order valence-electron chi connectivity index (χ0n) is 13.1. The van der Waals surface area contributed by atoms with Crippen LogP contribution in [0, 0.1) is 0 Å². The molecule has 0 saturated heterocycles. The van der Waals surface area contributed by atoms with E-state index in [0.717, 1.165) is 13.1 Å². The van der Waals surface area contributed by atoms with E-state index in [9.17, 15) is 0 Å². The molecular weight excluding hydrogens is 332 g/mol. The molecule has 1 unspecified atom stereocenters. The summed E-state index contributed by atoms with van der Waals surface area (Å²) in [5, 5.41) is 3.78. The summed E-state index contributed by atoms with van der Waals surface area (Å²) < 4.78 is 1.28. The van der Waals surface area contributed by atoms with E-state index in [0.29, 0.717) is 18.1 Å². The van der Waals surface area contributed by atoms with Gasteiger partial charge in [0, 0.05) is 36.1 Å². The molecule has 0 saturated carbocycles. The van der Waals surface area contributed by atoms with Crippen molar-refractivity contribution in [2.24, 2.45) is 0 Å². The lowest BCUT2D eigenvalue weighted by atomic mass is 9.94. The highest BCUT2D eigenvalue weighted by molar-refractivity contribution is 9.11. The molecule has 1 aliphatic carbocycles. The highest BCUT2D eigenvalue weighted by atomic mass is 79.9. The summed E-state index contributed by atoms with van der Waals surface area (Å²) in [6, 6.07) is 4.12. The summed E-state index contributed by atoms with van der Waals surface area (Å²) in [7, 11) is 0. The average molecular weight is 359 g/mol. The van der Waals surface area contributed by atoms with Crippen LogP contribution in [0.3, 0.4) is 0 Å². The third kappa shape index (κ3) is 4.06. The third-order valence-corrected chi connectivity index (χ3v) is 5.88. The lowest BCUT2D eigenvalue weighted by molar-refractivity contribution is 0.173. The number of nitrogens with zero attached hydrogens (tertiary/aromatic N) is 1. The Bertz CT molecular complexity index is 420. The van der Waals surface area contributed by atoms with Crippen LogP contribution in [-0.4, -0.2) is 30.1 Å². The van der Waals surface area contributed by atoms with Crippen molar-refractivity contribution in [1.29, 1.82) is 0 Å². The van der Waals surface area contributed by atoms with Crippen LogP contribution >= 0.6 is 27.3 Å². The summed E-state index contributed by atoms with van der Waals surface area (Å²) in [4.78, 5) is 4.13. The number of aryl methyl sites for hydroxylation is 1. The average Bonchev–Trinajstić information content (AvgIpc) is 2.74. The minimum Gasteiger partial charge on any atom is -0.309 e. The molecule has 2 nitrogen and oxygen atoms in total. The number of halogens is 1. The van der Waals surface area contributed by atoms with E-state index >= 15 is 0 Å². The summed E-state index contributed by atoms with van der Waals surface area (Å²) >= 11 is 5.54. The monoisotopic (exact) mass is 358 g/mol. The van der Waals surface area contributed by atoms with Crippen LogP contribution in [0.25, 0.3) is 0 Å². The molecule has 4 heteroatoms. The van der Waals surface area contributed by atoms with Gasteiger partial charge >= 0.3 is 0 Å². The number of fused-ring (bicyclic) bond motifs is 1. The van der Waals surface area contributed by atoms with Crippen molar-refractivity contribution in [1.82, 2.24) is 10.2 Å². The lowest BCUT2D eigenvalue weighted by Crippen LogP contribution is -2.42. The van der Waals surface area contributed by atoms with Gasteiger partial charge in [0.15, 0.2) is 0 Å². The molecule has 1 heterocycles. The Morgan fingerprint density at radius 2 is 2.05 bits per heavy atom. The number of hydrogen-bond donors (Lipinski definition) is 1. The molecule has 1 N–H and O–H groups in total. The van der Waals surface area contributed by atoms with Gasteiger partial charge < -0.3 is 5.32 Å². The second-order valence-corrected chi connectivity index (χ2v) is 8.77. The fourth-order valence-corrected chi connectivity index (χ4v) is 5.03. The molecule has 20 heavy (non-hydrogen) atoms. The van der Waals surface area contributed by atoms with Gasteiger partial charge in [-0.05, 0) is 74.5 Å². The number of rotatable bonds is 6. The first-order valence-electron chi connectivity index (χ1n) is 7.76. The van der Waals surface area contributed by atoms with Crippen molar-refractivity contribution in [3.05, 3.63) is 20.3 Å². The predicted molar refractivity (Wildman–Crippen MR) is 92.7 cm³/mol. The number of hydrogen-bond acceptors (Lipinski definition) is 3. The lowest BCUT2D eigenvalue weighted by Gasteiger charge is -2.32. The Morgan fingerprint density at radius 1 is 1.35 bits per heavy atom. The highest BCUT2D eigenvalue weighted by Gasteiger charge is 2.22. The molecule has 1 atom stereocenters. The maximum absolute atomic E-state index is 3.78. The maximum Gasteiger partial charge on any atom is 0.0704 e. The minimum atomic E-state index is 0.558. The number of nitrogens with one attached hydrogen (secondary N) is 1.